The number of aryl methyl sites for hydroxylation is 1. The SMILES string of the molecule is Cc1ccn2cc(C(=O)N(C)Cc3ccc(O)cc3)nc2c1. The first-order chi connectivity index (χ1) is 10.5. The van der Waals surface area contributed by atoms with Crippen LogP contribution in [0.5, 0.6) is 5.75 Å². The number of amides is 1. The van der Waals surface area contributed by atoms with Crippen LogP contribution in [-0.2, 0) is 6.54 Å². The average molecular weight is 295 g/mol. The van der Waals surface area contributed by atoms with Crippen molar-refractivity contribution in [2.45, 2.75) is 13.5 Å². The lowest BCUT2D eigenvalue weighted by Gasteiger charge is -2.15. The van der Waals surface area contributed by atoms with Crippen molar-refractivity contribution in [1.82, 2.24) is 14.3 Å². The summed E-state index contributed by atoms with van der Waals surface area (Å²) < 4.78 is 1.84. The lowest BCUT2D eigenvalue weighted by atomic mass is 10.2. The van der Waals surface area contributed by atoms with E-state index in [1.807, 2.05) is 29.7 Å². The van der Waals surface area contributed by atoms with E-state index in [1.54, 1.807) is 42.4 Å². The van der Waals surface area contributed by atoms with Gasteiger partial charge in [-0.05, 0) is 42.3 Å². The summed E-state index contributed by atoms with van der Waals surface area (Å²) in [5.74, 6) is 0.0860. The first-order valence-electron chi connectivity index (χ1n) is 7.01. The molecule has 0 unspecified atom stereocenters. The molecule has 0 bridgehead atoms. The number of carbonyl (C=O) groups is 1. The van der Waals surface area contributed by atoms with Crippen LogP contribution >= 0.6 is 0 Å². The Morgan fingerprint density at radius 1 is 1.27 bits per heavy atom. The summed E-state index contributed by atoms with van der Waals surface area (Å²) in [5.41, 5.74) is 3.25. The lowest BCUT2D eigenvalue weighted by Crippen LogP contribution is -2.26. The standard InChI is InChI=1S/C17H17N3O2/c1-12-7-8-20-11-15(18-16(20)9-12)17(22)19(2)10-13-3-5-14(21)6-4-13/h3-9,11,21H,10H2,1-2H3. The molecule has 3 rings (SSSR count). The molecule has 0 aliphatic heterocycles. The molecule has 5 heteroatoms. The molecule has 0 aliphatic carbocycles. The molecule has 3 aromatic rings. The molecule has 0 atom stereocenters. The Labute approximate surface area is 128 Å². The summed E-state index contributed by atoms with van der Waals surface area (Å²) in [7, 11) is 1.74. The Morgan fingerprint density at radius 2 is 2.00 bits per heavy atom. The molecule has 0 fully saturated rings. The fourth-order valence-electron chi connectivity index (χ4n) is 2.33. The van der Waals surface area contributed by atoms with E-state index >= 15 is 0 Å². The predicted molar refractivity (Wildman–Crippen MR) is 83.8 cm³/mol. The molecule has 1 amide bonds. The van der Waals surface area contributed by atoms with Crippen LogP contribution in [0.15, 0.2) is 48.8 Å². The highest BCUT2D eigenvalue weighted by Gasteiger charge is 2.15. The molecular weight excluding hydrogens is 278 g/mol. The van der Waals surface area contributed by atoms with Crippen molar-refractivity contribution in [2.75, 3.05) is 7.05 Å². The van der Waals surface area contributed by atoms with Crippen molar-refractivity contribution >= 4 is 11.6 Å². The maximum atomic E-state index is 12.5. The molecule has 22 heavy (non-hydrogen) atoms. The first kappa shape index (κ1) is 14.1. The molecule has 0 spiro atoms. The number of benzene rings is 1. The van der Waals surface area contributed by atoms with Gasteiger partial charge in [-0.3, -0.25) is 4.79 Å². The van der Waals surface area contributed by atoms with Gasteiger partial charge in [-0.2, -0.15) is 0 Å². The van der Waals surface area contributed by atoms with Gasteiger partial charge in [-0.25, -0.2) is 4.98 Å². The van der Waals surface area contributed by atoms with Crippen LogP contribution in [0.3, 0.4) is 0 Å². The largest absolute Gasteiger partial charge is 0.508 e. The second kappa shape index (κ2) is 5.52. The van der Waals surface area contributed by atoms with Gasteiger partial charge in [0.25, 0.3) is 5.91 Å². The normalized spacial score (nSPS) is 10.8. The fraction of sp³-hybridized carbons (Fsp3) is 0.176. The number of rotatable bonds is 3. The summed E-state index contributed by atoms with van der Waals surface area (Å²) >= 11 is 0. The van der Waals surface area contributed by atoms with Gasteiger partial charge in [0.1, 0.15) is 17.1 Å². The van der Waals surface area contributed by atoms with E-state index < -0.39 is 0 Å². The molecule has 0 radical (unpaired) electrons. The lowest BCUT2D eigenvalue weighted by molar-refractivity contribution is 0.0780. The van der Waals surface area contributed by atoms with E-state index in [9.17, 15) is 9.90 Å². The summed E-state index contributed by atoms with van der Waals surface area (Å²) in [6.45, 7) is 2.46. The zero-order chi connectivity index (χ0) is 15.7. The van der Waals surface area contributed by atoms with E-state index in [1.165, 1.54) is 0 Å². The summed E-state index contributed by atoms with van der Waals surface area (Å²) in [6.07, 6.45) is 3.64. The first-order valence-corrected chi connectivity index (χ1v) is 7.01. The van der Waals surface area contributed by atoms with E-state index in [4.69, 9.17) is 0 Å². The molecule has 1 aromatic carbocycles. The van der Waals surface area contributed by atoms with Gasteiger partial charge >= 0.3 is 0 Å². The monoisotopic (exact) mass is 295 g/mol. The Morgan fingerprint density at radius 3 is 2.73 bits per heavy atom. The second-order valence-electron chi connectivity index (χ2n) is 5.42. The molecular formula is C17H17N3O2. The topological polar surface area (TPSA) is 57.8 Å². The molecule has 5 nitrogen and oxygen atoms in total. The van der Waals surface area contributed by atoms with Gasteiger partial charge in [0.05, 0.1) is 0 Å². The van der Waals surface area contributed by atoms with Crippen molar-refractivity contribution < 1.29 is 9.90 Å². The Bertz CT molecular complexity index is 822. The zero-order valence-corrected chi connectivity index (χ0v) is 12.5. The van der Waals surface area contributed by atoms with Crippen LogP contribution in [0.4, 0.5) is 0 Å². The molecule has 0 saturated carbocycles. The Kier molecular flexibility index (Phi) is 3.55. The number of imidazole rings is 1. The maximum absolute atomic E-state index is 12.5. The molecule has 0 aliphatic rings. The highest BCUT2D eigenvalue weighted by molar-refractivity contribution is 5.92. The number of pyridine rings is 1. The number of carbonyl (C=O) groups excluding carboxylic acids is 1. The average Bonchev–Trinajstić information content (AvgIpc) is 2.91. The number of fused-ring (bicyclic) bond motifs is 1. The number of hydrogen-bond acceptors (Lipinski definition) is 3. The van der Waals surface area contributed by atoms with Crippen molar-refractivity contribution in [3.8, 4) is 5.75 Å². The van der Waals surface area contributed by atoms with E-state index in [0.29, 0.717) is 12.2 Å². The maximum Gasteiger partial charge on any atom is 0.274 e. The van der Waals surface area contributed by atoms with Crippen molar-refractivity contribution in [3.63, 3.8) is 0 Å². The minimum atomic E-state index is -0.130. The molecule has 112 valence electrons. The number of aromatic nitrogens is 2. The number of phenols is 1. The highest BCUT2D eigenvalue weighted by Crippen LogP contribution is 2.13. The van der Waals surface area contributed by atoms with E-state index in [-0.39, 0.29) is 11.7 Å². The molecule has 2 aromatic heterocycles. The van der Waals surface area contributed by atoms with Gasteiger partial charge in [0, 0.05) is 26.0 Å². The van der Waals surface area contributed by atoms with Gasteiger partial charge in [-0.1, -0.05) is 12.1 Å². The van der Waals surface area contributed by atoms with E-state index in [2.05, 4.69) is 4.98 Å². The minimum absolute atomic E-state index is 0.130. The van der Waals surface area contributed by atoms with Gasteiger partial charge in [0.15, 0.2) is 0 Å². The summed E-state index contributed by atoms with van der Waals surface area (Å²) in [5, 5.41) is 9.29. The van der Waals surface area contributed by atoms with Crippen LogP contribution in [0.1, 0.15) is 21.6 Å². The van der Waals surface area contributed by atoms with Crippen molar-refractivity contribution in [2.24, 2.45) is 0 Å². The fourth-order valence-corrected chi connectivity index (χ4v) is 2.33. The molecule has 0 saturated heterocycles. The van der Waals surface area contributed by atoms with Crippen LogP contribution in [0.2, 0.25) is 0 Å². The molecule has 2 heterocycles. The summed E-state index contributed by atoms with van der Waals surface area (Å²) in [4.78, 5) is 18.5. The predicted octanol–water partition coefficient (Wildman–Crippen LogP) is 2.62. The number of nitrogens with zero attached hydrogens (tertiary/aromatic N) is 3. The third-order valence-corrected chi connectivity index (χ3v) is 3.54. The van der Waals surface area contributed by atoms with Crippen LogP contribution in [0, 0.1) is 6.92 Å². The van der Waals surface area contributed by atoms with Crippen molar-refractivity contribution in [3.05, 3.63) is 65.6 Å². The molecule has 1 N–H and O–H groups in total. The third kappa shape index (κ3) is 2.79. The highest BCUT2D eigenvalue weighted by atomic mass is 16.3. The van der Waals surface area contributed by atoms with Gasteiger partial charge in [0.2, 0.25) is 0 Å². The number of phenolic OH excluding ortho intramolecular Hbond substituents is 1. The zero-order valence-electron chi connectivity index (χ0n) is 12.5. The van der Waals surface area contributed by atoms with Crippen molar-refractivity contribution in [1.29, 1.82) is 0 Å². The van der Waals surface area contributed by atoms with Gasteiger partial charge in [-0.15, -0.1) is 0 Å². The smallest absolute Gasteiger partial charge is 0.274 e. The second-order valence-corrected chi connectivity index (χ2v) is 5.42. The van der Waals surface area contributed by atoms with Crippen LogP contribution < -0.4 is 0 Å². The van der Waals surface area contributed by atoms with E-state index in [0.717, 1.165) is 16.8 Å². The van der Waals surface area contributed by atoms with Crippen LogP contribution in [-0.4, -0.2) is 32.3 Å². The summed E-state index contributed by atoms with van der Waals surface area (Å²) in [6, 6.07) is 10.7. The number of aromatic hydroxyl groups is 1. The van der Waals surface area contributed by atoms with Gasteiger partial charge < -0.3 is 14.4 Å². The Balaban J connectivity index is 1.80. The third-order valence-electron chi connectivity index (χ3n) is 3.54. The quantitative estimate of drug-likeness (QED) is 0.808. The van der Waals surface area contributed by atoms with Crippen LogP contribution in [0.25, 0.3) is 5.65 Å². The Hall–Kier alpha value is -2.82. The number of hydrogen-bond donors (Lipinski definition) is 1. The minimum Gasteiger partial charge on any atom is -0.508 e.